The Balaban J connectivity index is 1.75. The van der Waals surface area contributed by atoms with Gasteiger partial charge in [-0.1, -0.05) is 12.1 Å². The highest BCUT2D eigenvalue weighted by Crippen LogP contribution is 2.44. The number of thiophene rings is 1. The van der Waals surface area contributed by atoms with Crippen LogP contribution in [-0.4, -0.2) is 34.9 Å². The number of hydrogen-bond acceptors (Lipinski definition) is 6. The summed E-state index contributed by atoms with van der Waals surface area (Å²) in [5.74, 6) is -0.155. The standard InChI is InChI=1S/C25H25N5O2S/c1-15(2)32-19-8-9-20(28-13-19)22-23(31)30(4)24(27)29-25(22,3)21-11-18(14-33-21)17-7-5-6-16(10-17)12-26/h5-11,13-15,22H,1-4H3,(H2,27,29)/t22-,25-/m1/s1. The number of pyridine rings is 1. The van der Waals surface area contributed by atoms with Gasteiger partial charge in [0.15, 0.2) is 5.96 Å². The van der Waals surface area contributed by atoms with E-state index in [1.54, 1.807) is 19.3 Å². The Labute approximate surface area is 197 Å². The summed E-state index contributed by atoms with van der Waals surface area (Å²) in [6, 6.07) is 15.2. The van der Waals surface area contributed by atoms with Crippen LogP contribution < -0.4 is 10.1 Å². The molecule has 1 aromatic carbocycles. The van der Waals surface area contributed by atoms with E-state index in [-0.39, 0.29) is 18.0 Å². The summed E-state index contributed by atoms with van der Waals surface area (Å²) in [5, 5.41) is 22.8. The third-order valence-corrected chi connectivity index (χ3v) is 6.90. The molecule has 1 fully saturated rings. The van der Waals surface area contributed by atoms with E-state index in [1.165, 1.54) is 16.2 Å². The summed E-state index contributed by atoms with van der Waals surface area (Å²) in [6.07, 6.45) is 1.66. The molecule has 0 saturated carbocycles. The van der Waals surface area contributed by atoms with E-state index in [0.717, 1.165) is 16.0 Å². The average Bonchev–Trinajstić information content (AvgIpc) is 3.30. The fourth-order valence-corrected chi connectivity index (χ4v) is 5.08. The maximum absolute atomic E-state index is 13.4. The fraction of sp³-hybridized carbons (Fsp3) is 0.280. The molecule has 1 aliphatic heterocycles. The summed E-state index contributed by atoms with van der Waals surface area (Å²) >= 11 is 1.51. The predicted molar refractivity (Wildman–Crippen MR) is 128 cm³/mol. The SMILES string of the molecule is CC(C)Oc1ccc([C@@H]2C(=O)N(C)C(=N)N[C@]2(C)c2cc(-c3cccc(C#N)c3)cs2)nc1. The molecular weight excluding hydrogens is 434 g/mol. The number of hydrogen-bond donors (Lipinski definition) is 2. The molecule has 0 spiro atoms. The highest BCUT2D eigenvalue weighted by molar-refractivity contribution is 7.10. The molecule has 0 radical (unpaired) electrons. The van der Waals surface area contributed by atoms with Gasteiger partial charge in [0.05, 0.1) is 35.2 Å². The highest BCUT2D eigenvalue weighted by Gasteiger charge is 2.49. The monoisotopic (exact) mass is 459 g/mol. The molecular formula is C25H25N5O2S. The number of benzene rings is 1. The largest absolute Gasteiger partial charge is 0.489 e. The fourth-order valence-electron chi connectivity index (χ4n) is 4.01. The van der Waals surface area contributed by atoms with Gasteiger partial charge in [-0.3, -0.25) is 20.1 Å². The topological polar surface area (TPSA) is 102 Å². The van der Waals surface area contributed by atoms with Gasteiger partial charge in [-0.25, -0.2) is 0 Å². The first-order chi connectivity index (χ1) is 15.7. The van der Waals surface area contributed by atoms with E-state index in [0.29, 0.717) is 17.0 Å². The van der Waals surface area contributed by atoms with Crippen molar-refractivity contribution in [1.29, 1.82) is 10.7 Å². The lowest BCUT2D eigenvalue weighted by Crippen LogP contribution is -2.62. The number of nitrogens with one attached hydrogen (secondary N) is 2. The zero-order valence-corrected chi connectivity index (χ0v) is 19.7. The van der Waals surface area contributed by atoms with Gasteiger partial charge in [0.25, 0.3) is 0 Å². The van der Waals surface area contributed by atoms with Crippen molar-refractivity contribution in [2.24, 2.45) is 0 Å². The van der Waals surface area contributed by atoms with Crippen LogP contribution in [0.1, 0.15) is 42.8 Å². The van der Waals surface area contributed by atoms with Gasteiger partial charge >= 0.3 is 0 Å². The van der Waals surface area contributed by atoms with Crippen molar-refractivity contribution in [3.63, 3.8) is 0 Å². The normalized spacial score (nSPS) is 20.5. The first-order valence-electron chi connectivity index (χ1n) is 10.6. The Hall–Kier alpha value is -3.70. The quantitative estimate of drug-likeness (QED) is 0.586. The molecule has 2 atom stereocenters. The van der Waals surface area contributed by atoms with E-state index in [4.69, 9.17) is 10.1 Å². The van der Waals surface area contributed by atoms with Crippen molar-refractivity contribution < 1.29 is 9.53 Å². The van der Waals surface area contributed by atoms with E-state index < -0.39 is 11.5 Å². The van der Waals surface area contributed by atoms with E-state index >= 15 is 0 Å². The number of carbonyl (C=O) groups excluding carboxylic acids is 1. The van der Waals surface area contributed by atoms with E-state index in [9.17, 15) is 10.1 Å². The first kappa shape index (κ1) is 22.5. The van der Waals surface area contributed by atoms with Crippen LogP contribution in [0, 0.1) is 16.7 Å². The number of guanidine groups is 1. The van der Waals surface area contributed by atoms with Gasteiger partial charge in [0.2, 0.25) is 5.91 Å². The second kappa shape index (κ2) is 8.68. The lowest BCUT2D eigenvalue weighted by molar-refractivity contribution is -0.131. The molecule has 7 nitrogen and oxygen atoms in total. The molecule has 0 bridgehead atoms. The van der Waals surface area contributed by atoms with Crippen molar-refractivity contribution in [2.75, 3.05) is 7.05 Å². The molecule has 33 heavy (non-hydrogen) atoms. The molecule has 1 amide bonds. The number of aromatic nitrogens is 1. The molecule has 4 rings (SSSR count). The summed E-state index contributed by atoms with van der Waals surface area (Å²) in [7, 11) is 1.59. The van der Waals surface area contributed by atoms with Gasteiger partial charge in [-0.2, -0.15) is 5.26 Å². The maximum Gasteiger partial charge on any atom is 0.240 e. The minimum atomic E-state index is -0.871. The minimum absolute atomic E-state index is 0.0246. The first-order valence-corrected chi connectivity index (χ1v) is 11.5. The lowest BCUT2D eigenvalue weighted by atomic mass is 9.78. The van der Waals surface area contributed by atoms with Crippen LogP contribution in [0.4, 0.5) is 0 Å². The number of rotatable bonds is 5. The van der Waals surface area contributed by atoms with Crippen molar-refractivity contribution >= 4 is 23.2 Å². The second-order valence-electron chi connectivity index (χ2n) is 8.48. The second-order valence-corrected chi connectivity index (χ2v) is 9.40. The maximum atomic E-state index is 13.4. The number of ether oxygens (including phenoxy) is 1. The molecule has 2 N–H and O–H groups in total. The average molecular weight is 460 g/mol. The summed E-state index contributed by atoms with van der Waals surface area (Å²) in [4.78, 5) is 20.2. The zero-order chi connectivity index (χ0) is 23.8. The number of amides is 1. The Kier molecular flexibility index (Phi) is 5.91. The van der Waals surface area contributed by atoms with Gasteiger partial charge in [-0.05, 0) is 67.6 Å². The molecule has 3 heterocycles. The van der Waals surface area contributed by atoms with Crippen LogP contribution in [-0.2, 0) is 10.3 Å². The smallest absolute Gasteiger partial charge is 0.240 e. The van der Waals surface area contributed by atoms with Crippen LogP contribution in [0.5, 0.6) is 5.75 Å². The van der Waals surface area contributed by atoms with E-state index in [1.807, 2.05) is 62.5 Å². The zero-order valence-electron chi connectivity index (χ0n) is 18.9. The minimum Gasteiger partial charge on any atom is -0.489 e. The van der Waals surface area contributed by atoms with Gasteiger partial charge in [0.1, 0.15) is 11.7 Å². The van der Waals surface area contributed by atoms with E-state index in [2.05, 4.69) is 16.4 Å². The molecule has 1 aliphatic rings. The van der Waals surface area contributed by atoms with Crippen molar-refractivity contribution in [3.8, 4) is 22.9 Å². The summed E-state index contributed by atoms with van der Waals surface area (Å²) in [5.41, 5.74) is 2.21. The third kappa shape index (κ3) is 4.20. The summed E-state index contributed by atoms with van der Waals surface area (Å²) < 4.78 is 5.70. The van der Waals surface area contributed by atoms with Gasteiger partial charge in [-0.15, -0.1) is 11.3 Å². The van der Waals surface area contributed by atoms with Crippen LogP contribution >= 0.6 is 11.3 Å². The van der Waals surface area contributed by atoms with Crippen LogP contribution in [0.15, 0.2) is 54.0 Å². The summed E-state index contributed by atoms with van der Waals surface area (Å²) in [6.45, 7) is 5.82. The molecule has 8 heteroatoms. The number of carbonyl (C=O) groups is 1. The Bertz CT molecular complexity index is 1240. The molecule has 1 saturated heterocycles. The molecule has 3 aromatic rings. The Morgan fingerprint density at radius 1 is 1.27 bits per heavy atom. The van der Waals surface area contributed by atoms with Crippen LogP contribution in [0.25, 0.3) is 11.1 Å². The number of nitriles is 1. The molecule has 0 aliphatic carbocycles. The Morgan fingerprint density at radius 3 is 2.73 bits per heavy atom. The Morgan fingerprint density at radius 2 is 2.06 bits per heavy atom. The van der Waals surface area contributed by atoms with Crippen LogP contribution in [0.2, 0.25) is 0 Å². The van der Waals surface area contributed by atoms with Crippen molar-refractivity contribution in [3.05, 3.63) is 70.2 Å². The highest BCUT2D eigenvalue weighted by atomic mass is 32.1. The number of nitrogens with zero attached hydrogens (tertiary/aromatic N) is 3. The van der Waals surface area contributed by atoms with Gasteiger partial charge in [0, 0.05) is 11.9 Å². The van der Waals surface area contributed by atoms with Crippen LogP contribution in [0.3, 0.4) is 0 Å². The van der Waals surface area contributed by atoms with Crippen molar-refractivity contribution in [2.45, 2.75) is 38.3 Å². The van der Waals surface area contributed by atoms with Gasteiger partial charge < -0.3 is 10.1 Å². The third-order valence-electron chi connectivity index (χ3n) is 5.73. The number of likely N-dealkylation sites (N-methyl/N-ethyl adjacent to an activating group) is 1. The predicted octanol–water partition coefficient (Wildman–Crippen LogP) is 4.46. The molecule has 0 unspecified atom stereocenters. The van der Waals surface area contributed by atoms with Crippen molar-refractivity contribution in [1.82, 2.24) is 15.2 Å². The lowest BCUT2D eigenvalue weighted by Gasteiger charge is -2.44. The molecule has 168 valence electrons. The molecule has 2 aromatic heterocycles.